The summed E-state index contributed by atoms with van der Waals surface area (Å²) in [7, 11) is 1.70. The van der Waals surface area contributed by atoms with Gasteiger partial charge in [0, 0.05) is 18.1 Å². The minimum absolute atomic E-state index is 0.126. The van der Waals surface area contributed by atoms with Crippen molar-refractivity contribution in [1.82, 2.24) is 10.6 Å². The molecule has 3 nitrogen and oxygen atoms in total. The van der Waals surface area contributed by atoms with E-state index in [1.54, 1.807) is 33.0 Å². The number of nitrogens with one attached hydrogen (secondary N) is 2. The van der Waals surface area contributed by atoms with Crippen LogP contribution in [0.5, 0.6) is 0 Å². The van der Waals surface area contributed by atoms with Crippen molar-refractivity contribution >= 4 is 0 Å². The molecule has 0 amide bonds. The molecule has 0 aliphatic carbocycles. The van der Waals surface area contributed by atoms with Crippen LogP contribution < -0.4 is 10.6 Å². The molecule has 0 radical (unpaired) electrons. The minimum Gasteiger partial charge on any atom is -0.367 e. The summed E-state index contributed by atoms with van der Waals surface area (Å²) in [6, 6.07) is -0.576. The van der Waals surface area contributed by atoms with Gasteiger partial charge >= 0.3 is 0 Å². The van der Waals surface area contributed by atoms with Gasteiger partial charge < -0.3 is 10.1 Å². The molecule has 0 saturated carbocycles. The molecule has 0 aromatic carbocycles. The fraction of sp³-hybridized carbons (Fsp3) is 0.750. The van der Waals surface area contributed by atoms with Crippen LogP contribution in [0.3, 0.4) is 0 Å². The Hall–Kier alpha value is -0.960. The molecule has 0 aromatic heterocycles. The summed E-state index contributed by atoms with van der Waals surface area (Å²) < 4.78 is 32.7. The fourth-order valence-electron chi connectivity index (χ4n) is 1.84. The van der Waals surface area contributed by atoms with Gasteiger partial charge in [-0.25, -0.2) is 4.39 Å². The predicted octanol–water partition coefficient (Wildman–Crippen LogP) is 2.44. The molecule has 0 heterocycles. The Kier molecular flexibility index (Phi) is 10.2. The molecular formula is C16H28F2N2O. The van der Waals surface area contributed by atoms with Gasteiger partial charge in [-0.05, 0) is 27.3 Å². The molecule has 2 N–H and O–H groups in total. The van der Waals surface area contributed by atoms with E-state index in [-0.39, 0.29) is 18.5 Å². The SMILES string of the molecule is C#CC(/C=C\CC(F)[C@@](C)(CF)C(C)NC)NCOCC. The molecule has 122 valence electrons. The molecule has 0 bridgehead atoms. The average molecular weight is 302 g/mol. The van der Waals surface area contributed by atoms with E-state index in [9.17, 15) is 8.78 Å². The van der Waals surface area contributed by atoms with Gasteiger partial charge in [0.05, 0.1) is 19.4 Å². The van der Waals surface area contributed by atoms with Crippen LogP contribution in [-0.4, -0.2) is 45.3 Å². The van der Waals surface area contributed by atoms with Gasteiger partial charge in [-0.15, -0.1) is 6.42 Å². The lowest BCUT2D eigenvalue weighted by molar-refractivity contribution is 0.0600. The van der Waals surface area contributed by atoms with Crippen LogP contribution in [0.15, 0.2) is 12.2 Å². The first kappa shape index (κ1) is 20.0. The molecule has 21 heavy (non-hydrogen) atoms. The van der Waals surface area contributed by atoms with Gasteiger partial charge in [0.15, 0.2) is 0 Å². The Labute approximate surface area is 127 Å². The quantitative estimate of drug-likeness (QED) is 0.266. The smallest absolute Gasteiger partial charge is 0.113 e. The number of hydrogen-bond donors (Lipinski definition) is 2. The molecule has 3 unspecified atom stereocenters. The lowest BCUT2D eigenvalue weighted by atomic mass is 9.78. The molecule has 0 aliphatic heterocycles. The Bertz CT molecular complexity index is 344. The highest BCUT2D eigenvalue weighted by atomic mass is 19.1. The highest BCUT2D eigenvalue weighted by Gasteiger charge is 2.38. The summed E-state index contributed by atoms with van der Waals surface area (Å²) in [6.45, 7) is 5.50. The molecule has 0 spiro atoms. The zero-order valence-electron chi connectivity index (χ0n) is 13.5. The number of halogens is 2. The van der Waals surface area contributed by atoms with Crippen LogP contribution in [0, 0.1) is 17.8 Å². The normalized spacial score (nSPS) is 18.9. The largest absolute Gasteiger partial charge is 0.367 e. The van der Waals surface area contributed by atoms with Gasteiger partial charge in [-0.2, -0.15) is 0 Å². The van der Waals surface area contributed by atoms with Crippen molar-refractivity contribution in [1.29, 1.82) is 0 Å². The molecule has 0 aliphatic rings. The summed E-state index contributed by atoms with van der Waals surface area (Å²) in [4.78, 5) is 0. The number of rotatable bonds is 11. The van der Waals surface area contributed by atoms with E-state index in [1.807, 2.05) is 6.92 Å². The van der Waals surface area contributed by atoms with Crippen LogP contribution in [-0.2, 0) is 4.74 Å². The summed E-state index contributed by atoms with van der Waals surface area (Å²) in [6.07, 6.45) is 7.57. The van der Waals surface area contributed by atoms with E-state index in [4.69, 9.17) is 11.2 Å². The second kappa shape index (κ2) is 10.7. The first-order valence-electron chi connectivity index (χ1n) is 7.27. The van der Waals surface area contributed by atoms with E-state index in [2.05, 4.69) is 16.6 Å². The molecule has 0 saturated heterocycles. The lowest BCUT2D eigenvalue weighted by Crippen LogP contribution is -2.47. The monoisotopic (exact) mass is 302 g/mol. The summed E-state index contributed by atoms with van der Waals surface area (Å²) in [5.41, 5.74) is -1.05. The van der Waals surface area contributed by atoms with E-state index >= 15 is 0 Å². The maximum atomic E-state index is 14.3. The van der Waals surface area contributed by atoms with Crippen molar-refractivity contribution in [2.24, 2.45) is 5.41 Å². The first-order valence-corrected chi connectivity index (χ1v) is 7.27. The highest BCUT2D eigenvalue weighted by Crippen LogP contribution is 2.31. The van der Waals surface area contributed by atoms with E-state index in [0.717, 1.165) is 0 Å². The first-order chi connectivity index (χ1) is 9.96. The van der Waals surface area contributed by atoms with Crippen molar-refractivity contribution in [2.45, 2.75) is 45.4 Å². The molecule has 4 atom stereocenters. The van der Waals surface area contributed by atoms with Gasteiger partial charge in [-0.1, -0.05) is 25.0 Å². The zero-order valence-corrected chi connectivity index (χ0v) is 13.5. The number of alkyl halides is 2. The number of terminal acetylenes is 1. The van der Waals surface area contributed by atoms with Gasteiger partial charge in [0.1, 0.15) is 6.17 Å². The molecule has 0 aromatic rings. The highest BCUT2D eigenvalue weighted by molar-refractivity contribution is 5.11. The Morgan fingerprint density at radius 1 is 1.48 bits per heavy atom. The van der Waals surface area contributed by atoms with Crippen LogP contribution in [0.4, 0.5) is 8.78 Å². The predicted molar refractivity (Wildman–Crippen MR) is 83.5 cm³/mol. The maximum absolute atomic E-state index is 14.3. The maximum Gasteiger partial charge on any atom is 0.113 e. The third kappa shape index (κ3) is 6.56. The van der Waals surface area contributed by atoms with E-state index in [0.29, 0.717) is 13.3 Å². The number of allylic oxidation sites excluding steroid dienone is 1. The van der Waals surface area contributed by atoms with Crippen LogP contribution in [0.1, 0.15) is 27.2 Å². The topological polar surface area (TPSA) is 33.3 Å². The summed E-state index contributed by atoms with van der Waals surface area (Å²) in [5.74, 6) is 2.53. The summed E-state index contributed by atoms with van der Waals surface area (Å²) in [5, 5.41) is 5.89. The van der Waals surface area contributed by atoms with E-state index in [1.165, 1.54) is 0 Å². The third-order valence-corrected chi connectivity index (χ3v) is 3.89. The van der Waals surface area contributed by atoms with Crippen LogP contribution in [0.2, 0.25) is 0 Å². The average Bonchev–Trinajstić information content (AvgIpc) is 2.51. The zero-order chi connectivity index (χ0) is 16.3. The van der Waals surface area contributed by atoms with Crippen molar-refractivity contribution in [2.75, 3.05) is 27.1 Å². The minimum atomic E-state index is -1.29. The Balaban J connectivity index is 4.46. The second-order valence-electron chi connectivity index (χ2n) is 5.27. The van der Waals surface area contributed by atoms with Gasteiger partial charge in [0.2, 0.25) is 0 Å². The van der Waals surface area contributed by atoms with Crippen LogP contribution >= 0.6 is 0 Å². The van der Waals surface area contributed by atoms with E-state index < -0.39 is 18.3 Å². The molecule has 0 fully saturated rings. The standard InChI is InChI=1S/C16H28F2N2O/c1-6-14(20-12-21-7-2)9-8-10-15(18)16(4,11-17)13(3)19-5/h1,8-9,13-15,19-20H,7,10-12H2,2-5H3/b9-8-/t13?,14?,15?,16-/m0/s1. The fourth-order valence-corrected chi connectivity index (χ4v) is 1.84. The van der Waals surface area contributed by atoms with Gasteiger partial charge in [0.25, 0.3) is 0 Å². The van der Waals surface area contributed by atoms with Crippen molar-refractivity contribution in [3.05, 3.63) is 12.2 Å². The second-order valence-corrected chi connectivity index (χ2v) is 5.27. The van der Waals surface area contributed by atoms with Crippen molar-refractivity contribution in [3.8, 4) is 12.3 Å². The lowest BCUT2D eigenvalue weighted by Gasteiger charge is -2.35. The third-order valence-electron chi connectivity index (χ3n) is 3.89. The Morgan fingerprint density at radius 2 is 2.14 bits per heavy atom. The number of hydrogen-bond acceptors (Lipinski definition) is 3. The van der Waals surface area contributed by atoms with Crippen molar-refractivity contribution < 1.29 is 13.5 Å². The molecule has 0 rings (SSSR count). The van der Waals surface area contributed by atoms with Gasteiger partial charge in [-0.3, -0.25) is 9.71 Å². The Morgan fingerprint density at radius 3 is 2.62 bits per heavy atom. The molecular weight excluding hydrogens is 274 g/mol. The van der Waals surface area contributed by atoms with Crippen molar-refractivity contribution in [3.63, 3.8) is 0 Å². The summed E-state index contributed by atoms with van der Waals surface area (Å²) >= 11 is 0. The van der Waals surface area contributed by atoms with Crippen LogP contribution in [0.25, 0.3) is 0 Å². The number of ether oxygens (including phenoxy) is 1. The molecule has 5 heteroatoms.